The SMILES string of the molecule is Cc1cccc(C(=O)N2CCN[C@@H](C)C2)c1Cl. The molecule has 1 saturated heterocycles. The number of piperazine rings is 1. The Morgan fingerprint density at radius 2 is 2.29 bits per heavy atom. The minimum atomic E-state index is 0.0343. The molecule has 3 nitrogen and oxygen atoms in total. The van der Waals surface area contributed by atoms with E-state index in [0.717, 1.165) is 25.2 Å². The van der Waals surface area contributed by atoms with Gasteiger partial charge in [0.1, 0.15) is 0 Å². The highest BCUT2D eigenvalue weighted by molar-refractivity contribution is 6.34. The fraction of sp³-hybridized carbons (Fsp3) is 0.462. The third-order valence-electron chi connectivity index (χ3n) is 3.08. The van der Waals surface area contributed by atoms with E-state index in [-0.39, 0.29) is 5.91 Å². The molecular formula is C13H17ClN2O. The number of benzene rings is 1. The van der Waals surface area contributed by atoms with Crippen molar-refractivity contribution in [2.24, 2.45) is 0 Å². The van der Waals surface area contributed by atoms with Crippen LogP contribution in [-0.4, -0.2) is 36.5 Å². The second-order valence-corrected chi connectivity index (χ2v) is 4.92. The molecule has 1 atom stereocenters. The molecule has 0 saturated carbocycles. The molecule has 0 unspecified atom stereocenters. The molecule has 0 bridgehead atoms. The summed E-state index contributed by atoms with van der Waals surface area (Å²) in [5, 5.41) is 3.89. The van der Waals surface area contributed by atoms with Crippen molar-refractivity contribution >= 4 is 17.5 Å². The van der Waals surface area contributed by atoms with Crippen molar-refractivity contribution in [2.45, 2.75) is 19.9 Å². The van der Waals surface area contributed by atoms with Gasteiger partial charge in [0.2, 0.25) is 0 Å². The number of halogens is 1. The van der Waals surface area contributed by atoms with Crippen molar-refractivity contribution in [2.75, 3.05) is 19.6 Å². The van der Waals surface area contributed by atoms with Crippen molar-refractivity contribution < 1.29 is 4.79 Å². The minimum Gasteiger partial charge on any atom is -0.336 e. The molecule has 0 aromatic heterocycles. The first-order chi connectivity index (χ1) is 8.09. The van der Waals surface area contributed by atoms with E-state index in [2.05, 4.69) is 12.2 Å². The van der Waals surface area contributed by atoms with Gasteiger partial charge in [0.15, 0.2) is 0 Å². The molecule has 0 radical (unpaired) electrons. The number of carbonyl (C=O) groups is 1. The number of amides is 1. The van der Waals surface area contributed by atoms with E-state index in [4.69, 9.17) is 11.6 Å². The average Bonchev–Trinajstić information content (AvgIpc) is 2.32. The zero-order valence-electron chi connectivity index (χ0n) is 10.2. The summed E-state index contributed by atoms with van der Waals surface area (Å²) in [6.07, 6.45) is 0. The van der Waals surface area contributed by atoms with Crippen LogP contribution in [-0.2, 0) is 0 Å². The van der Waals surface area contributed by atoms with Gasteiger partial charge in [0, 0.05) is 25.7 Å². The summed E-state index contributed by atoms with van der Waals surface area (Å²) >= 11 is 6.18. The Labute approximate surface area is 107 Å². The van der Waals surface area contributed by atoms with Crippen LogP contribution >= 0.6 is 11.6 Å². The van der Waals surface area contributed by atoms with Gasteiger partial charge in [-0.25, -0.2) is 0 Å². The van der Waals surface area contributed by atoms with E-state index in [9.17, 15) is 4.79 Å². The fourth-order valence-corrected chi connectivity index (χ4v) is 2.31. The molecule has 0 aliphatic carbocycles. The van der Waals surface area contributed by atoms with Gasteiger partial charge in [-0.1, -0.05) is 23.7 Å². The summed E-state index contributed by atoms with van der Waals surface area (Å²) in [5.74, 6) is 0.0343. The molecule has 1 aromatic carbocycles. The molecule has 4 heteroatoms. The molecule has 1 aliphatic heterocycles. The largest absolute Gasteiger partial charge is 0.336 e. The van der Waals surface area contributed by atoms with Gasteiger partial charge in [-0.05, 0) is 25.5 Å². The van der Waals surface area contributed by atoms with E-state index in [0.29, 0.717) is 16.6 Å². The Hall–Kier alpha value is -1.06. The molecule has 92 valence electrons. The molecule has 1 N–H and O–H groups in total. The van der Waals surface area contributed by atoms with Crippen LogP contribution in [0.2, 0.25) is 5.02 Å². The molecule has 0 spiro atoms. The topological polar surface area (TPSA) is 32.3 Å². The molecule has 1 heterocycles. The van der Waals surface area contributed by atoms with Gasteiger partial charge in [0.05, 0.1) is 10.6 Å². The van der Waals surface area contributed by atoms with Crippen LogP contribution in [0.3, 0.4) is 0 Å². The number of nitrogens with zero attached hydrogens (tertiary/aromatic N) is 1. The number of carbonyl (C=O) groups excluding carboxylic acids is 1. The highest BCUT2D eigenvalue weighted by Crippen LogP contribution is 2.22. The van der Waals surface area contributed by atoms with Crippen LogP contribution in [0, 0.1) is 6.92 Å². The fourth-order valence-electron chi connectivity index (χ4n) is 2.10. The number of hydrogen-bond donors (Lipinski definition) is 1. The maximum atomic E-state index is 12.3. The lowest BCUT2D eigenvalue weighted by Crippen LogP contribution is -2.51. The minimum absolute atomic E-state index is 0.0343. The lowest BCUT2D eigenvalue weighted by Gasteiger charge is -2.32. The molecule has 2 rings (SSSR count). The van der Waals surface area contributed by atoms with Crippen LogP contribution in [0.15, 0.2) is 18.2 Å². The number of aryl methyl sites for hydroxylation is 1. The Balaban J connectivity index is 2.22. The second-order valence-electron chi connectivity index (χ2n) is 4.54. The molecule has 1 aromatic rings. The highest BCUT2D eigenvalue weighted by atomic mass is 35.5. The predicted molar refractivity (Wildman–Crippen MR) is 69.6 cm³/mol. The summed E-state index contributed by atoms with van der Waals surface area (Å²) in [6.45, 7) is 6.32. The Morgan fingerprint density at radius 3 is 3.00 bits per heavy atom. The van der Waals surface area contributed by atoms with Gasteiger partial charge in [0.25, 0.3) is 5.91 Å². The van der Waals surface area contributed by atoms with E-state index >= 15 is 0 Å². The van der Waals surface area contributed by atoms with Crippen molar-refractivity contribution in [3.05, 3.63) is 34.3 Å². The zero-order valence-corrected chi connectivity index (χ0v) is 10.9. The summed E-state index contributed by atoms with van der Waals surface area (Å²) in [6, 6.07) is 5.93. The van der Waals surface area contributed by atoms with Gasteiger partial charge in [-0.15, -0.1) is 0 Å². The van der Waals surface area contributed by atoms with E-state index in [1.165, 1.54) is 0 Å². The van der Waals surface area contributed by atoms with E-state index in [1.54, 1.807) is 6.07 Å². The van der Waals surface area contributed by atoms with Crippen molar-refractivity contribution in [1.82, 2.24) is 10.2 Å². The van der Waals surface area contributed by atoms with Crippen LogP contribution < -0.4 is 5.32 Å². The van der Waals surface area contributed by atoms with Crippen LogP contribution in [0.5, 0.6) is 0 Å². The quantitative estimate of drug-likeness (QED) is 0.830. The molecule has 1 fully saturated rings. The maximum absolute atomic E-state index is 12.3. The third kappa shape index (κ3) is 2.61. The second kappa shape index (κ2) is 5.07. The molecule has 1 amide bonds. The standard InChI is InChI=1S/C13H17ClN2O/c1-9-4-3-5-11(12(9)14)13(17)16-7-6-15-10(2)8-16/h3-5,10,15H,6-8H2,1-2H3/t10-/m0/s1. The van der Waals surface area contributed by atoms with Crippen molar-refractivity contribution in [1.29, 1.82) is 0 Å². The number of hydrogen-bond acceptors (Lipinski definition) is 2. The number of nitrogens with one attached hydrogen (secondary N) is 1. The van der Waals surface area contributed by atoms with Gasteiger partial charge >= 0.3 is 0 Å². The van der Waals surface area contributed by atoms with Gasteiger partial charge in [-0.2, -0.15) is 0 Å². The highest BCUT2D eigenvalue weighted by Gasteiger charge is 2.23. The first-order valence-corrected chi connectivity index (χ1v) is 6.25. The normalized spacial score (nSPS) is 20.4. The summed E-state index contributed by atoms with van der Waals surface area (Å²) in [5.41, 5.74) is 1.56. The van der Waals surface area contributed by atoms with Crippen LogP contribution in [0.1, 0.15) is 22.8 Å². The van der Waals surface area contributed by atoms with Crippen LogP contribution in [0.4, 0.5) is 0 Å². The Bertz CT molecular complexity index is 433. The lowest BCUT2D eigenvalue weighted by molar-refractivity contribution is 0.0709. The van der Waals surface area contributed by atoms with E-state index in [1.807, 2.05) is 24.0 Å². The van der Waals surface area contributed by atoms with Crippen LogP contribution in [0.25, 0.3) is 0 Å². The predicted octanol–water partition coefficient (Wildman–Crippen LogP) is 2.08. The average molecular weight is 253 g/mol. The number of rotatable bonds is 1. The molecule has 17 heavy (non-hydrogen) atoms. The van der Waals surface area contributed by atoms with E-state index < -0.39 is 0 Å². The van der Waals surface area contributed by atoms with Crippen molar-refractivity contribution in [3.63, 3.8) is 0 Å². The Morgan fingerprint density at radius 1 is 1.53 bits per heavy atom. The molecule has 1 aliphatic rings. The van der Waals surface area contributed by atoms with Gasteiger partial charge < -0.3 is 10.2 Å². The summed E-state index contributed by atoms with van der Waals surface area (Å²) in [7, 11) is 0. The van der Waals surface area contributed by atoms with Gasteiger partial charge in [-0.3, -0.25) is 4.79 Å². The zero-order chi connectivity index (χ0) is 12.4. The monoisotopic (exact) mass is 252 g/mol. The smallest absolute Gasteiger partial charge is 0.255 e. The first-order valence-electron chi connectivity index (χ1n) is 5.87. The summed E-state index contributed by atoms with van der Waals surface area (Å²) < 4.78 is 0. The maximum Gasteiger partial charge on any atom is 0.255 e. The third-order valence-corrected chi connectivity index (χ3v) is 3.58. The first kappa shape index (κ1) is 12.4. The Kier molecular flexibility index (Phi) is 3.69. The summed E-state index contributed by atoms with van der Waals surface area (Å²) in [4.78, 5) is 14.2. The molecular weight excluding hydrogens is 236 g/mol. The lowest BCUT2D eigenvalue weighted by atomic mass is 10.1. The van der Waals surface area contributed by atoms with Crippen molar-refractivity contribution in [3.8, 4) is 0 Å².